The Morgan fingerprint density at radius 1 is 1.52 bits per heavy atom. The van der Waals surface area contributed by atoms with Crippen molar-refractivity contribution in [1.82, 2.24) is 0 Å². The molecule has 0 spiro atoms. The van der Waals surface area contributed by atoms with E-state index in [4.69, 9.17) is 10.5 Å². The Kier molecular flexibility index (Phi) is 4.98. The molecule has 0 saturated carbocycles. The Hall–Kier alpha value is -1.43. The molecule has 2 rings (SSSR count). The van der Waals surface area contributed by atoms with E-state index < -0.39 is 11.8 Å². The van der Waals surface area contributed by atoms with E-state index in [-0.39, 0.29) is 23.9 Å². The van der Waals surface area contributed by atoms with Gasteiger partial charge in [-0.3, -0.25) is 0 Å². The molecule has 1 saturated heterocycles. The van der Waals surface area contributed by atoms with E-state index in [1.165, 1.54) is 12.1 Å². The smallest absolute Gasteiger partial charge is 0.340 e. The molecule has 0 bridgehead atoms. The fourth-order valence-corrected chi connectivity index (χ4v) is 3.56. The number of thioether (sulfide) groups is 1. The van der Waals surface area contributed by atoms with E-state index >= 15 is 0 Å². The van der Waals surface area contributed by atoms with E-state index in [0.29, 0.717) is 10.9 Å². The third-order valence-corrected chi connectivity index (χ3v) is 5.15. The average Bonchev–Trinajstić information content (AvgIpc) is 2.43. The molecule has 1 aromatic carbocycles. The third-order valence-electron chi connectivity index (χ3n) is 3.81. The molecule has 0 radical (unpaired) electrons. The molecule has 6 heteroatoms. The summed E-state index contributed by atoms with van der Waals surface area (Å²) >= 11 is 1.87. The van der Waals surface area contributed by atoms with E-state index in [2.05, 4.69) is 13.8 Å². The van der Waals surface area contributed by atoms with Gasteiger partial charge in [-0.15, -0.1) is 0 Å². The summed E-state index contributed by atoms with van der Waals surface area (Å²) in [5, 5.41) is 0.404. The number of hydrogen-bond donors (Lipinski definition) is 1. The van der Waals surface area contributed by atoms with Crippen LogP contribution in [0.25, 0.3) is 0 Å². The van der Waals surface area contributed by atoms with Crippen LogP contribution in [0.4, 0.5) is 15.8 Å². The van der Waals surface area contributed by atoms with Crippen LogP contribution in [-0.4, -0.2) is 36.2 Å². The van der Waals surface area contributed by atoms with Crippen LogP contribution in [0.1, 0.15) is 31.1 Å². The van der Waals surface area contributed by atoms with E-state index in [1.807, 2.05) is 16.7 Å². The number of esters is 1. The highest BCUT2D eigenvalue weighted by Crippen LogP contribution is 2.33. The van der Waals surface area contributed by atoms with Gasteiger partial charge < -0.3 is 15.4 Å². The van der Waals surface area contributed by atoms with Gasteiger partial charge in [0, 0.05) is 29.3 Å². The zero-order valence-electron chi connectivity index (χ0n) is 12.6. The lowest BCUT2D eigenvalue weighted by Crippen LogP contribution is -2.45. The molecule has 1 fully saturated rings. The van der Waals surface area contributed by atoms with Crippen molar-refractivity contribution in [3.8, 4) is 0 Å². The van der Waals surface area contributed by atoms with Crippen molar-refractivity contribution in [2.45, 2.75) is 32.1 Å². The Labute approximate surface area is 128 Å². The number of benzene rings is 1. The molecule has 0 aromatic heterocycles. The molecule has 1 aromatic rings. The van der Waals surface area contributed by atoms with Crippen molar-refractivity contribution < 1.29 is 13.9 Å². The van der Waals surface area contributed by atoms with E-state index in [9.17, 15) is 9.18 Å². The zero-order chi connectivity index (χ0) is 15.6. The number of carbonyl (C=O) groups is 1. The van der Waals surface area contributed by atoms with Gasteiger partial charge in [-0.25, -0.2) is 9.18 Å². The second-order valence-electron chi connectivity index (χ2n) is 5.12. The Bertz CT molecular complexity index is 539. The minimum Gasteiger partial charge on any atom is -0.462 e. The first-order valence-corrected chi connectivity index (χ1v) is 8.15. The van der Waals surface area contributed by atoms with Gasteiger partial charge in [0.25, 0.3) is 0 Å². The lowest BCUT2D eigenvalue weighted by molar-refractivity contribution is 0.0527. The topological polar surface area (TPSA) is 55.6 Å². The van der Waals surface area contributed by atoms with Crippen molar-refractivity contribution in [2.24, 2.45) is 0 Å². The fraction of sp³-hybridized carbons (Fsp3) is 0.533. The largest absolute Gasteiger partial charge is 0.462 e. The maximum absolute atomic E-state index is 14.3. The summed E-state index contributed by atoms with van der Waals surface area (Å²) in [4.78, 5) is 13.9. The van der Waals surface area contributed by atoms with Crippen molar-refractivity contribution in [3.63, 3.8) is 0 Å². The zero-order valence-corrected chi connectivity index (χ0v) is 13.4. The van der Waals surface area contributed by atoms with Crippen molar-refractivity contribution in [3.05, 3.63) is 23.5 Å². The van der Waals surface area contributed by atoms with Gasteiger partial charge >= 0.3 is 5.97 Å². The van der Waals surface area contributed by atoms with Crippen molar-refractivity contribution in [1.29, 1.82) is 0 Å². The summed E-state index contributed by atoms with van der Waals surface area (Å²) < 4.78 is 19.3. The van der Waals surface area contributed by atoms with Gasteiger partial charge in [-0.1, -0.05) is 6.92 Å². The highest BCUT2D eigenvalue weighted by Gasteiger charge is 2.28. The predicted octanol–water partition coefficient (Wildman–Crippen LogP) is 2.91. The number of rotatable bonds is 3. The molecular formula is C15H21FN2O2S. The number of nitrogens with two attached hydrogens (primary N) is 1. The van der Waals surface area contributed by atoms with Crippen LogP contribution in [0.2, 0.25) is 0 Å². The molecule has 1 aliphatic rings. The summed E-state index contributed by atoms with van der Waals surface area (Å²) in [5.41, 5.74) is 6.51. The molecule has 0 aliphatic carbocycles. The monoisotopic (exact) mass is 312 g/mol. The first-order valence-electron chi connectivity index (χ1n) is 7.10. The van der Waals surface area contributed by atoms with E-state index in [1.54, 1.807) is 6.92 Å². The second-order valence-corrected chi connectivity index (χ2v) is 6.61. The fourth-order valence-electron chi connectivity index (χ4n) is 2.46. The van der Waals surface area contributed by atoms with Crippen molar-refractivity contribution in [2.75, 3.05) is 29.5 Å². The van der Waals surface area contributed by atoms with Crippen LogP contribution in [-0.2, 0) is 4.74 Å². The maximum Gasteiger partial charge on any atom is 0.340 e. The van der Waals surface area contributed by atoms with Crippen LogP contribution in [0.3, 0.4) is 0 Å². The van der Waals surface area contributed by atoms with Crippen molar-refractivity contribution >= 4 is 29.1 Å². The Morgan fingerprint density at radius 2 is 2.24 bits per heavy atom. The lowest BCUT2D eigenvalue weighted by atomic mass is 10.1. The minimum atomic E-state index is -0.511. The average molecular weight is 312 g/mol. The van der Waals surface area contributed by atoms with Gasteiger partial charge in [0.15, 0.2) is 0 Å². The predicted molar refractivity (Wildman–Crippen MR) is 85.5 cm³/mol. The molecule has 116 valence electrons. The van der Waals surface area contributed by atoms with Crippen LogP contribution >= 0.6 is 11.8 Å². The summed E-state index contributed by atoms with van der Waals surface area (Å²) in [6.45, 7) is 6.93. The maximum atomic E-state index is 14.3. The highest BCUT2D eigenvalue weighted by molar-refractivity contribution is 8.00. The Balaban J connectivity index is 2.39. The summed E-state index contributed by atoms with van der Waals surface area (Å²) in [6.07, 6.45) is 0. The lowest BCUT2D eigenvalue weighted by Gasteiger charge is -2.39. The number of hydrogen-bond acceptors (Lipinski definition) is 5. The number of nitrogen functional groups attached to an aromatic ring is 1. The van der Waals surface area contributed by atoms with Crippen LogP contribution in [0, 0.1) is 5.82 Å². The van der Waals surface area contributed by atoms with Crippen LogP contribution in [0.5, 0.6) is 0 Å². The molecule has 1 heterocycles. The second kappa shape index (κ2) is 6.56. The number of ether oxygens (including phenoxy) is 1. The molecule has 2 N–H and O–H groups in total. The molecule has 0 amide bonds. The molecule has 1 aliphatic heterocycles. The molecule has 21 heavy (non-hydrogen) atoms. The molecule has 2 atom stereocenters. The van der Waals surface area contributed by atoms with Gasteiger partial charge in [0.05, 0.1) is 17.9 Å². The first kappa shape index (κ1) is 15.9. The summed E-state index contributed by atoms with van der Waals surface area (Å²) in [6, 6.07) is 2.92. The van der Waals surface area contributed by atoms with Crippen LogP contribution < -0.4 is 10.6 Å². The van der Waals surface area contributed by atoms with Gasteiger partial charge in [-0.2, -0.15) is 11.8 Å². The first-order chi connectivity index (χ1) is 9.95. The molecule has 2 unspecified atom stereocenters. The standard InChI is InChI=1S/C15H21FN2O2S/c1-4-20-15(19)11-7-14(12(16)8-13(11)17)18-5-6-21-10(3)9(18)2/h7-10H,4-6,17H2,1-3H3. The number of nitrogens with zero attached hydrogens (tertiary/aromatic N) is 1. The number of halogens is 1. The molecule has 4 nitrogen and oxygen atoms in total. The highest BCUT2D eigenvalue weighted by atomic mass is 32.2. The summed E-state index contributed by atoms with van der Waals surface area (Å²) in [5.74, 6) is 0.0270. The summed E-state index contributed by atoms with van der Waals surface area (Å²) in [7, 11) is 0. The van der Waals surface area contributed by atoms with Gasteiger partial charge in [0.1, 0.15) is 5.82 Å². The normalized spacial score (nSPS) is 22.2. The minimum absolute atomic E-state index is 0.113. The SMILES string of the molecule is CCOC(=O)c1cc(N2CCSC(C)C2C)c(F)cc1N. The number of carbonyl (C=O) groups excluding carboxylic acids is 1. The van der Waals surface area contributed by atoms with Gasteiger partial charge in [0.2, 0.25) is 0 Å². The Morgan fingerprint density at radius 3 is 2.90 bits per heavy atom. The third kappa shape index (κ3) is 3.26. The molecular weight excluding hydrogens is 291 g/mol. The number of anilines is 2. The van der Waals surface area contributed by atoms with Gasteiger partial charge in [-0.05, 0) is 26.0 Å². The van der Waals surface area contributed by atoms with Crippen LogP contribution in [0.15, 0.2) is 12.1 Å². The van der Waals surface area contributed by atoms with E-state index in [0.717, 1.165) is 12.3 Å². The quantitative estimate of drug-likeness (QED) is 0.687.